The molecule has 0 spiro atoms. The average molecular weight is 165 g/mol. The Bertz CT molecular complexity index is 333. The van der Waals surface area contributed by atoms with Crippen molar-refractivity contribution in [3.05, 3.63) is 28.2 Å². The number of phenolic OH excluding ortho intramolecular Hbond substituents is 1. The van der Waals surface area contributed by atoms with Crippen LogP contribution in [0.15, 0.2) is 17.3 Å². The first-order chi connectivity index (χ1) is 5.69. The van der Waals surface area contributed by atoms with Gasteiger partial charge in [0, 0.05) is 5.56 Å². The lowest BCUT2D eigenvalue weighted by Gasteiger charge is -2.00. The molecule has 1 rings (SSSR count). The fourth-order valence-electron chi connectivity index (χ4n) is 0.926. The van der Waals surface area contributed by atoms with E-state index in [0.717, 1.165) is 0 Å². The first-order valence-electron chi connectivity index (χ1n) is 3.31. The molecule has 0 unspecified atom stereocenters. The number of carbonyl (C=O) groups excluding carboxylic acids is 1. The standard InChI is InChI=1S/C8H7NO3/c1-5-2-6(4-10)3-7(9-12)8(5)11/h2-4,11H,1H3. The molecule has 4 nitrogen and oxygen atoms in total. The molecule has 12 heavy (non-hydrogen) atoms. The molecule has 0 fully saturated rings. The van der Waals surface area contributed by atoms with Crippen molar-refractivity contribution >= 4 is 12.0 Å². The van der Waals surface area contributed by atoms with Crippen molar-refractivity contribution in [2.45, 2.75) is 6.92 Å². The van der Waals surface area contributed by atoms with Crippen LogP contribution in [0.4, 0.5) is 5.69 Å². The SMILES string of the molecule is Cc1cc(C=O)cc(N=O)c1O. The van der Waals surface area contributed by atoms with Gasteiger partial charge in [-0.2, -0.15) is 0 Å². The summed E-state index contributed by atoms with van der Waals surface area (Å²) in [7, 11) is 0. The summed E-state index contributed by atoms with van der Waals surface area (Å²) in [6.07, 6.45) is 0.598. The lowest BCUT2D eigenvalue weighted by atomic mass is 10.1. The van der Waals surface area contributed by atoms with Gasteiger partial charge in [0.15, 0.2) is 5.69 Å². The normalized spacial score (nSPS) is 9.42. The van der Waals surface area contributed by atoms with E-state index in [4.69, 9.17) is 0 Å². The first kappa shape index (κ1) is 8.39. The molecule has 0 bridgehead atoms. The maximum atomic E-state index is 10.3. The number of aryl methyl sites for hydroxylation is 1. The van der Waals surface area contributed by atoms with Gasteiger partial charge >= 0.3 is 0 Å². The molecule has 0 radical (unpaired) electrons. The zero-order valence-electron chi connectivity index (χ0n) is 6.44. The summed E-state index contributed by atoms with van der Waals surface area (Å²) >= 11 is 0. The smallest absolute Gasteiger partial charge is 0.150 e. The van der Waals surface area contributed by atoms with E-state index < -0.39 is 0 Å². The summed E-state index contributed by atoms with van der Waals surface area (Å²) < 4.78 is 0. The predicted molar refractivity (Wildman–Crippen MR) is 43.7 cm³/mol. The van der Waals surface area contributed by atoms with E-state index in [1.165, 1.54) is 12.1 Å². The molecule has 4 heteroatoms. The number of hydrogen-bond acceptors (Lipinski definition) is 4. The van der Waals surface area contributed by atoms with Crippen molar-refractivity contribution in [2.24, 2.45) is 5.18 Å². The van der Waals surface area contributed by atoms with Crippen LogP contribution in [0, 0.1) is 11.8 Å². The Hall–Kier alpha value is -1.71. The highest BCUT2D eigenvalue weighted by atomic mass is 16.3. The zero-order chi connectivity index (χ0) is 9.14. The highest BCUT2D eigenvalue weighted by Gasteiger charge is 2.06. The lowest BCUT2D eigenvalue weighted by molar-refractivity contribution is 0.112. The number of nitrogens with zero attached hydrogens (tertiary/aromatic N) is 1. The summed E-state index contributed by atoms with van der Waals surface area (Å²) in [5.74, 6) is -0.171. The Kier molecular flexibility index (Phi) is 2.19. The van der Waals surface area contributed by atoms with E-state index >= 15 is 0 Å². The first-order valence-corrected chi connectivity index (χ1v) is 3.31. The van der Waals surface area contributed by atoms with Gasteiger partial charge < -0.3 is 5.11 Å². The van der Waals surface area contributed by atoms with Gasteiger partial charge in [-0.05, 0) is 29.8 Å². The van der Waals surface area contributed by atoms with E-state index in [1.54, 1.807) is 6.92 Å². The van der Waals surface area contributed by atoms with Crippen LogP contribution in [0.1, 0.15) is 15.9 Å². The minimum absolute atomic E-state index is 0.0999. The second kappa shape index (κ2) is 3.13. The third-order valence-electron chi connectivity index (χ3n) is 1.54. The van der Waals surface area contributed by atoms with Gasteiger partial charge in [0.1, 0.15) is 12.0 Å². The van der Waals surface area contributed by atoms with Crippen molar-refractivity contribution in [1.82, 2.24) is 0 Å². The number of carbonyl (C=O) groups is 1. The summed E-state index contributed by atoms with van der Waals surface area (Å²) in [4.78, 5) is 20.4. The van der Waals surface area contributed by atoms with Gasteiger partial charge in [-0.15, -0.1) is 4.91 Å². The monoisotopic (exact) mass is 165 g/mol. The van der Waals surface area contributed by atoms with Gasteiger partial charge in [0.05, 0.1) is 0 Å². The predicted octanol–water partition coefficient (Wildman–Crippen LogP) is 1.91. The van der Waals surface area contributed by atoms with Crippen LogP contribution in [0.3, 0.4) is 0 Å². The third kappa shape index (κ3) is 1.32. The van der Waals surface area contributed by atoms with Crippen LogP contribution in [0.2, 0.25) is 0 Å². The zero-order valence-corrected chi connectivity index (χ0v) is 6.44. The number of nitroso groups, excluding NO2 is 1. The Morgan fingerprint density at radius 1 is 1.50 bits per heavy atom. The Balaban J connectivity index is 3.37. The molecule has 1 N–H and O–H groups in total. The van der Waals surface area contributed by atoms with Gasteiger partial charge in [0.2, 0.25) is 0 Å². The number of hydrogen-bond donors (Lipinski definition) is 1. The van der Waals surface area contributed by atoms with Crippen molar-refractivity contribution in [1.29, 1.82) is 0 Å². The molecular formula is C8H7NO3. The molecule has 1 aromatic carbocycles. The highest BCUT2D eigenvalue weighted by Crippen LogP contribution is 2.30. The molecule has 0 aliphatic rings. The molecule has 0 atom stereocenters. The average Bonchev–Trinajstić information content (AvgIpc) is 2.09. The van der Waals surface area contributed by atoms with Gasteiger partial charge in [-0.3, -0.25) is 4.79 Å². The number of aromatic hydroxyl groups is 1. The Labute approximate surface area is 68.8 Å². The molecule has 0 heterocycles. The van der Waals surface area contributed by atoms with E-state index in [2.05, 4.69) is 5.18 Å². The summed E-state index contributed by atoms with van der Waals surface area (Å²) in [6, 6.07) is 2.72. The van der Waals surface area contributed by atoms with Crippen molar-refractivity contribution < 1.29 is 9.90 Å². The fourth-order valence-corrected chi connectivity index (χ4v) is 0.926. The van der Waals surface area contributed by atoms with Crippen LogP contribution in [-0.2, 0) is 0 Å². The number of aldehydes is 1. The number of benzene rings is 1. The van der Waals surface area contributed by atoms with Gasteiger partial charge in [-0.25, -0.2) is 0 Å². The molecule has 0 aromatic heterocycles. The molecule has 0 saturated carbocycles. The molecule has 1 aromatic rings. The summed E-state index contributed by atoms with van der Waals surface area (Å²) in [5, 5.41) is 11.8. The second-order valence-corrected chi connectivity index (χ2v) is 2.41. The van der Waals surface area contributed by atoms with E-state index in [1.807, 2.05) is 0 Å². The van der Waals surface area contributed by atoms with Crippen LogP contribution in [0.5, 0.6) is 5.75 Å². The molecule has 0 aliphatic heterocycles. The largest absolute Gasteiger partial charge is 0.505 e. The molecule has 0 aliphatic carbocycles. The van der Waals surface area contributed by atoms with Crippen LogP contribution in [0.25, 0.3) is 0 Å². The summed E-state index contributed by atoms with van der Waals surface area (Å²) in [5.41, 5.74) is 0.700. The molecule has 0 saturated heterocycles. The van der Waals surface area contributed by atoms with Crippen LogP contribution < -0.4 is 0 Å². The number of rotatable bonds is 2. The minimum atomic E-state index is -0.171. The maximum absolute atomic E-state index is 10.3. The van der Waals surface area contributed by atoms with E-state index in [9.17, 15) is 14.8 Å². The molecular weight excluding hydrogens is 158 g/mol. The highest BCUT2D eigenvalue weighted by molar-refractivity contribution is 5.78. The third-order valence-corrected chi connectivity index (χ3v) is 1.54. The fraction of sp³-hybridized carbons (Fsp3) is 0.125. The number of phenols is 1. The van der Waals surface area contributed by atoms with Crippen molar-refractivity contribution in [3.8, 4) is 5.75 Å². The Morgan fingerprint density at radius 2 is 2.17 bits per heavy atom. The molecule has 62 valence electrons. The van der Waals surface area contributed by atoms with Gasteiger partial charge in [-0.1, -0.05) is 0 Å². The van der Waals surface area contributed by atoms with E-state index in [-0.39, 0.29) is 11.4 Å². The summed E-state index contributed by atoms with van der Waals surface area (Å²) in [6.45, 7) is 1.59. The van der Waals surface area contributed by atoms with Crippen molar-refractivity contribution in [3.63, 3.8) is 0 Å². The Morgan fingerprint density at radius 3 is 2.67 bits per heavy atom. The van der Waals surface area contributed by atoms with Gasteiger partial charge in [0.25, 0.3) is 0 Å². The van der Waals surface area contributed by atoms with Crippen molar-refractivity contribution in [2.75, 3.05) is 0 Å². The maximum Gasteiger partial charge on any atom is 0.150 e. The lowest BCUT2D eigenvalue weighted by Crippen LogP contribution is -1.82. The van der Waals surface area contributed by atoms with E-state index in [0.29, 0.717) is 17.4 Å². The van der Waals surface area contributed by atoms with Crippen LogP contribution >= 0.6 is 0 Å². The topological polar surface area (TPSA) is 66.7 Å². The molecule has 0 amide bonds. The second-order valence-electron chi connectivity index (χ2n) is 2.41. The van der Waals surface area contributed by atoms with Crippen LogP contribution in [-0.4, -0.2) is 11.4 Å². The minimum Gasteiger partial charge on any atom is -0.505 e. The quantitative estimate of drug-likeness (QED) is 0.537.